The summed E-state index contributed by atoms with van der Waals surface area (Å²) >= 11 is 0. The van der Waals surface area contributed by atoms with E-state index in [9.17, 15) is 10.1 Å². The van der Waals surface area contributed by atoms with Crippen molar-refractivity contribution in [3.05, 3.63) is 53.1 Å². The van der Waals surface area contributed by atoms with Gasteiger partial charge in [0, 0.05) is 18.5 Å². The Hall–Kier alpha value is -3.00. The first-order valence-corrected chi connectivity index (χ1v) is 7.85. The molecule has 1 heterocycles. The molecule has 2 aromatic rings. The number of carbonyl (C=O) groups is 1. The number of hydrogen-bond donors (Lipinski definition) is 1. The lowest BCUT2D eigenvalue weighted by atomic mass is 10.1. The molecule has 1 aliphatic heterocycles. The molecule has 0 amide bonds. The molecule has 0 atom stereocenters. The van der Waals surface area contributed by atoms with Crippen molar-refractivity contribution in [2.45, 2.75) is 19.9 Å². The largest absolute Gasteiger partial charge is 0.490 e. The van der Waals surface area contributed by atoms with Gasteiger partial charge >= 0.3 is 0 Å². The molecule has 0 aromatic heterocycles. The summed E-state index contributed by atoms with van der Waals surface area (Å²) in [6.45, 7) is 3.33. The molecule has 0 saturated carbocycles. The van der Waals surface area contributed by atoms with Gasteiger partial charge in [-0.2, -0.15) is 5.26 Å². The number of hydrogen-bond acceptors (Lipinski definition) is 5. The fourth-order valence-corrected chi connectivity index (χ4v) is 2.52. The number of ketones is 1. The van der Waals surface area contributed by atoms with Crippen LogP contribution in [0.3, 0.4) is 0 Å². The fraction of sp³-hybridized carbons (Fsp3) is 0.263. The van der Waals surface area contributed by atoms with Crippen LogP contribution in [0.15, 0.2) is 36.4 Å². The Morgan fingerprint density at radius 1 is 1.17 bits per heavy atom. The van der Waals surface area contributed by atoms with Gasteiger partial charge in [0.25, 0.3) is 0 Å². The second-order valence-corrected chi connectivity index (χ2v) is 5.61. The van der Waals surface area contributed by atoms with Gasteiger partial charge in [-0.1, -0.05) is 6.07 Å². The normalized spacial score (nSPS) is 12.8. The second-order valence-electron chi connectivity index (χ2n) is 5.61. The number of ether oxygens (including phenoxy) is 2. The van der Waals surface area contributed by atoms with Crippen LogP contribution in [0.1, 0.15) is 34.8 Å². The third-order valence-electron chi connectivity index (χ3n) is 3.84. The Labute approximate surface area is 140 Å². The van der Waals surface area contributed by atoms with Crippen LogP contribution in [0.25, 0.3) is 0 Å². The van der Waals surface area contributed by atoms with Crippen molar-refractivity contribution >= 4 is 11.5 Å². The van der Waals surface area contributed by atoms with Crippen LogP contribution in [0, 0.1) is 11.3 Å². The Morgan fingerprint density at radius 2 is 1.96 bits per heavy atom. The van der Waals surface area contributed by atoms with Gasteiger partial charge in [0.2, 0.25) is 0 Å². The van der Waals surface area contributed by atoms with Gasteiger partial charge < -0.3 is 14.8 Å². The summed E-state index contributed by atoms with van der Waals surface area (Å²) in [6, 6.07) is 13.0. The Morgan fingerprint density at radius 3 is 2.71 bits per heavy atom. The fourth-order valence-electron chi connectivity index (χ4n) is 2.52. The van der Waals surface area contributed by atoms with E-state index in [1.165, 1.54) is 6.92 Å². The molecule has 0 saturated heterocycles. The summed E-state index contributed by atoms with van der Waals surface area (Å²) in [4.78, 5) is 11.5. The van der Waals surface area contributed by atoms with E-state index in [0.717, 1.165) is 23.5 Å². The molecule has 5 heteroatoms. The van der Waals surface area contributed by atoms with E-state index in [0.29, 0.717) is 36.6 Å². The molecule has 1 N–H and O–H groups in total. The lowest BCUT2D eigenvalue weighted by Crippen LogP contribution is -2.04. The topological polar surface area (TPSA) is 71.4 Å². The van der Waals surface area contributed by atoms with Crippen LogP contribution in [0.4, 0.5) is 5.69 Å². The highest BCUT2D eigenvalue weighted by atomic mass is 16.5. The molecule has 0 unspecified atom stereocenters. The molecule has 0 bridgehead atoms. The van der Waals surface area contributed by atoms with Crippen LogP contribution in [-0.4, -0.2) is 19.0 Å². The molecule has 0 spiro atoms. The number of nitrogens with one attached hydrogen (secondary N) is 1. The molecular weight excluding hydrogens is 304 g/mol. The molecular formula is C19H18N2O3. The highest BCUT2D eigenvalue weighted by Crippen LogP contribution is 2.30. The quantitative estimate of drug-likeness (QED) is 0.872. The molecule has 0 aliphatic carbocycles. The summed E-state index contributed by atoms with van der Waals surface area (Å²) in [7, 11) is 0. The lowest BCUT2D eigenvalue weighted by molar-refractivity contribution is 0.101. The molecule has 5 nitrogen and oxygen atoms in total. The first kappa shape index (κ1) is 15.9. The minimum absolute atomic E-state index is 0.0295. The predicted octanol–water partition coefficient (Wildman–Crippen LogP) is 3.53. The van der Waals surface area contributed by atoms with Gasteiger partial charge in [0.15, 0.2) is 17.3 Å². The first-order valence-electron chi connectivity index (χ1n) is 7.85. The van der Waals surface area contributed by atoms with Gasteiger partial charge in [0.1, 0.15) is 6.07 Å². The number of benzene rings is 2. The molecule has 1 aliphatic rings. The van der Waals surface area contributed by atoms with Crippen LogP contribution in [0.5, 0.6) is 11.5 Å². The van der Waals surface area contributed by atoms with E-state index in [-0.39, 0.29) is 5.78 Å². The van der Waals surface area contributed by atoms with Crippen molar-refractivity contribution in [3.8, 4) is 17.6 Å². The number of Topliss-reactive ketones (excluding diaryl/α,β-unsaturated/α-hetero) is 1. The van der Waals surface area contributed by atoms with Crippen molar-refractivity contribution in [2.75, 3.05) is 18.5 Å². The summed E-state index contributed by atoms with van der Waals surface area (Å²) in [5.41, 5.74) is 2.75. The van der Waals surface area contributed by atoms with Crippen LogP contribution < -0.4 is 14.8 Å². The minimum atomic E-state index is -0.0295. The second kappa shape index (κ2) is 7.05. The zero-order valence-corrected chi connectivity index (χ0v) is 13.5. The standard InChI is InChI=1S/C19H18N2O3/c1-13(22)15-4-5-16(11-20)17(10-15)21-12-14-3-6-18-19(9-14)24-8-2-7-23-18/h3-6,9-10,21H,2,7-8,12H2,1H3. The zero-order valence-electron chi connectivity index (χ0n) is 13.5. The van der Waals surface area contributed by atoms with Gasteiger partial charge in [-0.05, 0) is 42.8 Å². The number of fused-ring (bicyclic) bond motifs is 1. The van der Waals surface area contributed by atoms with Gasteiger partial charge in [-0.25, -0.2) is 0 Å². The molecule has 122 valence electrons. The molecule has 0 radical (unpaired) electrons. The Kier molecular flexibility index (Phi) is 4.66. The van der Waals surface area contributed by atoms with Crippen molar-refractivity contribution in [3.63, 3.8) is 0 Å². The Balaban J connectivity index is 1.78. The van der Waals surface area contributed by atoms with E-state index in [2.05, 4.69) is 11.4 Å². The SMILES string of the molecule is CC(=O)c1ccc(C#N)c(NCc2ccc3c(c2)OCCCO3)c1. The molecule has 3 rings (SSSR count). The first-order chi connectivity index (χ1) is 11.7. The third-order valence-corrected chi connectivity index (χ3v) is 3.84. The van der Waals surface area contributed by atoms with E-state index < -0.39 is 0 Å². The third kappa shape index (κ3) is 3.49. The van der Waals surface area contributed by atoms with Crippen LogP contribution in [0.2, 0.25) is 0 Å². The van der Waals surface area contributed by atoms with Crippen molar-refractivity contribution in [1.29, 1.82) is 5.26 Å². The average Bonchev–Trinajstić information content (AvgIpc) is 2.84. The minimum Gasteiger partial charge on any atom is -0.490 e. The van der Waals surface area contributed by atoms with Crippen LogP contribution in [-0.2, 0) is 6.54 Å². The summed E-state index contributed by atoms with van der Waals surface area (Å²) in [5.74, 6) is 1.47. The van der Waals surface area contributed by atoms with E-state index >= 15 is 0 Å². The monoisotopic (exact) mass is 322 g/mol. The van der Waals surface area contributed by atoms with Crippen LogP contribution >= 0.6 is 0 Å². The number of rotatable bonds is 4. The lowest BCUT2D eigenvalue weighted by Gasteiger charge is -2.12. The van der Waals surface area contributed by atoms with Crippen molar-refractivity contribution < 1.29 is 14.3 Å². The summed E-state index contributed by atoms with van der Waals surface area (Å²) < 4.78 is 11.3. The number of nitriles is 1. The highest BCUT2D eigenvalue weighted by Gasteiger charge is 2.11. The Bertz CT molecular complexity index is 809. The van der Waals surface area contributed by atoms with Gasteiger partial charge in [0.05, 0.1) is 24.5 Å². The van der Waals surface area contributed by atoms with E-state index in [4.69, 9.17) is 9.47 Å². The van der Waals surface area contributed by atoms with E-state index in [1.54, 1.807) is 18.2 Å². The van der Waals surface area contributed by atoms with Gasteiger partial charge in [-0.3, -0.25) is 4.79 Å². The maximum Gasteiger partial charge on any atom is 0.161 e. The number of carbonyl (C=O) groups excluding carboxylic acids is 1. The number of anilines is 1. The average molecular weight is 322 g/mol. The van der Waals surface area contributed by atoms with Gasteiger partial charge in [-0.15, -0.1) is 0 Å². The predicted molar refractivity (Wildman–Crippen MR) is 90.5 cm³/mol. The maximum absolute atomic E-state index is 11.5. The highest BCUT2D eigenvalue weighted by molar-refractivity contribution is 5.95. The summed E-state index contributed by atoms with van der Waals surface area (Å²) in [5, 5.41) is 12.5. The zero-order chi connectivity index (χ0) is 16.9. The smallest absolute Gasteiger partial charge is 0.161 e. The molecule has 2 aromatic carbocycles. The summed E-state index contributed by atoms with van der Waals surface area (Å²) in [6.07, 6.45) is 0.867. The number of nitrogens with zero attached hydrogens (tertiary/aromatic N) is 1. The van der Waals surface area contributed by atoms with Crippen molar-refractivity contribution in [2.24, 2.45) is 0 Å². The van der Waals surface area contributed by atoms with E-state index in [1.807, 2.05) is 18.2 Å². The molecule has 0 fully saturated rings. The maximum atomic E-state index is 11.5. The molecule has 24 heavy (non-hydrogen) atoms. The van der Waals surface area contributed by atoms with Crippen molar-refractivity contribution in [1.82, 2.24) is 0 Å².